The van der Waals surface area contributed by atoms with Gasteiger partial charge < -0.3 is 25.2 Å². The van der Waals surface area contributed by atoms with Crippen molar-refractivity contribution in [2.24, 2.45) is 0 Å². The number of phenols is 1. The monoisotopic (exact) mass is 758 g/mol. The van der Waals surface area contributed by atoms with E-state index < -0.39 is 23.3 Å². The normalized spacial score (nSPS) is 23.0. The van der Waals surface area contributed by atoms with Crippen molar-refractivity contribution in [3.8, 4) is 35.4 Å². The number of carbonyl (C=O) groups is 1. The van der Waals surface area contributed by atoms with Gasteiger partial charge in [0.1, 0.15) is 41.4 Å². The Hall–Kier alpha value is -6.03. The molecule has 4 saturated heterocycles. The number of halogens is 3. The number of aryl methyl sites for hydroxylation is 1. The molecule has 284 valence electrons. The number of hydrogen-bond acceptors (Lipinski definition) is 8. The zero-order valence-electron chi connectivity index (χ0n) is 30.6. The molecule has 4 aliphatic heterocycles. The number of anilines is 1. The number of piperazine rings is 1. The number of amides is 1. The van der Waals surface area contributed by atoms with Gasteiger partial charge in [0.2, 0.25) is 0 Å². The third-order valence-electron chi connectivity index (χ3n) is 12.0. The molecule has 14 heteroatoms. The van der Waals surface area contributed by atoms with Crippen LogP contribution in [0.5, 0.6) is 11.8 Å². The van der Waals surface area contributed by atoms with E-state index in [0.717, 1.165) is 24.9 Å². The molecule has 56 heavy (non-hydrogen) atoms. The number of nitrogens with zero attached hydrogens (tertiary/aromatic N) is 8. The highest BCUT2D eigenvalue weighted by molar-refractivity contribution is 6.43. The summed E-state index contributed by atoms with van der Waals surface area (Å²) >= 11 is 0. The minimum atomic E-state index is -0.982. The third-order valence-corrected chi connectivity index (χ3v) is 12.0. The van der Waals surface area contributed by atoms with Gasteiger partial charge in [-0.3, -0.25) is 14.7 Å². The largest absolute Gasteiger partial charge is 0.508 e. The first kappa shape index (κ1) is 35.7. The Balaban J connectivity index is 1.12. The van der Waals surface area contributed by atoms with Crippen LogP contribution in [0.1, 0.15) is 48.8 Å². The lowest BCUT2D eigenvalue weighted by molar-refractivity contribution is -0.131. The summed E-state index contributed by atoms with van der Waals surface area (Å²) in [4.78, 5) is 37.1. The van der Waals surface area contributed by atoms with Crippen molar-refractivity contribution in [3.05, 3.63) is 88.6 Å². The standard InChI is InChI=1S/C42H37F3N8O3/c1-3-30-33(44)12-9-25-15-29(54)16-31(34(25)30)37-35(45)38-32(18-47-37)39(49-41(48-38)56-22-42-13-4-14-52(42)19-26(43)17-42)51-20-27-10-11-28(21-51)53(27)40(55)36(50-46)24-7-5-23(2)6-8-24/h1,5-9,12,15-16,18,26-28,54H,4,10-11,13-14,17,19-22H2,2H3/t26-,27?,28?,42+/m1/s1. The zero-order valence-corrected chi connectivity index (χ0v) is 30.6. The molecule has 4 fully saturated rings. The van der Waals surface area contributed by atoms with Gasteiger partial charge >= 0.3 is 17.6 Å². The fraction of sp³-hybridized carbons (Fsp3) is 0.357. The second-order valence-electron chi connectivity index (χ2n) is 15.4. The van der Waals surface area contributed by atoms with Gasteiger partial charge in [-0.15, -0.1) is 6.42 Å². The number of terminal acetylenes is 1. The SMILES string of the molecule is C#Cc1c(F)ccc2cc(O)cc(-c3ncc4c(N5CC6CCC(C5)N6C(=O)C(=[N+]=[N-])c5ccc(C)cc5)nc(OC[C@@]56CCCN5C[C@H](F)C6)nc4c3F)c12. The summed E-state index contributed by atoms with van der Waals surface area (Å²) in [6.07, 6.45) is 9.51. The molecule has 6 heterocycles. The van der Waals surface area contributed by atoms with Crippen LogP contribution >= 0.6 is 0 Å². The Kier molecular flexibility index (Phi) is 8.67. The molecule has 0 radical (unpaired) electrons. The lowest BCUT2D eigenvalue weighted by atomic mass is 9.95. The number of phenolic OH excluding ortho intramolecular Hbond substituents is 1. The first-order valence-corrected chi connectivity index (χ1v) is 18.7. The Morgan fingerprint density at radius 3 is 2.61 bits per heavy atom. The van der Waals surface area contributed by atoms with Crippen molar-refractivity contribution < 1.29 is 32.6 Å². The van der Waals surface area contributed by atoms with Crippen molar-refractivity contribution in [2.75, 3.05) is 37.7 Å². The maximum Gasteiger partial charge on any atom is 0.386 e. The minimum absolute atomic E-state index is 0.0487. The van der Waals surface area contributed by atoms with Crippen LogP contribution in [-0.2, 0) is 4.79 Å². The lowest BCUT2D eigenvalue weighted by Crippen LogP contribution is -2.57. The first-order chi connectivity index (χ1) is 27.1. The molecular weight excluding hydrogens is 722 g/mol. The summed E-state index contributed by atoms with van der Waals surface area (Å²) in [6, 6.07) is 11.9. The number of carbonyl (C=O) groups excluding carboxylic acids is 1. The van der Waals surface area contributed by atoms with Crippen LogP contribution in [0.3, 0.4) is 0 Å². The van der Waals surface area contributed by atoms with Crippen LogP contribution in [0.4, 0.5) is 19.0 Å². The van der Waals surface area contributed by atoms with Crippen molar-refractivity contribution in [3.63, 3.8) is 0 Å². The molecule has 1 amide bonds. The molecule has 2 aromatic heterocycles. The zero-order chi connectivity index (χ0) is 38.9. The van der Waals surface area contributed by atoms with E-state index in [-0.39, 0.29) is 75.2 Å². The van der Waals surface area contributed by atoms with E-state index in [0.29, 0.717) is 55.7 Å². The summed E-state index contributed by atoms with van der Waals surface area (Å²) in [5.41, 5.74) is 10.5. The van der Waals surface area contributed by atoms with Gasteiger partial charge in [-0.2, -0.15) is 14.8 Å². The molecule has 0 spiro atoms. The number of aromatic hydroxyl groups is 1. The van der Waals surface area contributed by atoms with Gasteiger partial charge in [0, 0.05) is 43.2 Å². The summed E-state index contributed by atoms with van der Waals surface area (Å²) < 4.78 is 53.1. The van der Waals surface area contributed by atoms with E-state index in [2.05, 4.69) is 25.6 Å². The molecule has 0 saturated carbocycles. The topological polar surface area (TPSA) is 131 Å². The maximum absolute atomic E-state index is 17.1. The molecule has 4 aliphatic rings. The quantitative estimate of drug-likeness (QED) is 0.0930. The van der Waals surface area contributed by atoms with Crippen molar-refractivity contribution in [1.82, 2.24) is 24.8 Å². The molecular formula is C42H37F3N8O3. The molecule has 2 bridgehead atoms. The number of rotatable bonds is 7. The van der Waals surface area contributed by atoms with Crippen molar-refractivity contribution >= 4 is 39.1 Å². The van der Waals surface area contributed by atoms with E-state index in [1.807, 2.05) is 24.0 Å². The molecule has 3 aromatic carbocycles. The van der Waals surface area contributed by atoms with Gasteiger partial charge in [-0.05, 0) is 74.9 Å². The van der Waals surface area contributed by atoms with E-state index in [1.165, 1.54) is 30.5 Å². The van der Waals surface area contributed by atoms with Crippen LogP contribution in [0, 0.1) is 30.9 Å². The summed E-state index contributed by atoms with van der Waals surface area (Å²) in [5, 5.41) is 11.5. The number of fused-ring (bicyclic) bond motifs is 5. The lowest BCUT2D eigenvalue weighted by Gasteiger charge is -2.41. The minimum Gasteiger partial charge on any atom is -0.508 e. The number of benzene rings is 3. The molecule has 11 nitrogen and oxygen atoms in total. The van der Waals surface area contributed by atoms with Gasteiger partial charge in [0.15, 0.2) is 5.82 Å². The fourth-order valence-corrected chi connectivity index (χ4v) is 9.38. The predicted molar refractivity (Wildman–Crippen MR) is 203 cm³/mol. The summed E-state index contributed by atoms with van der Waals surface area (Å²) in [7, 11) is 0. The third kappa shape index (κ3) is 5.81. The Labute approximate surface area is 320 Å². The van der Waals surface area contributed by atoms with Crippen LogP contribution in [0.15, 0.2) is 54.7 Å². The Morgan fingerprint density at radius 2 is 1.88 bits per heavy atom. The average molecular weight is 759 g/mol. The maximum atomic E-state index is 17.1. The number of hydrogen-bond donors (Lipinski definition) is 1. The van der Waals surface area contributed by atoms with E-state index in [4.69, 9.17) is 16.1 Å². The van der Waals surface area contributed by atoms with Crippen molar-refractivity contribution in [2.45, 2.75) is 62.8 Å². The van der Waals surface area contributed by atoms with Crippen LogP contribution < -0.4 is 9.64 Å². The molecule has 5 aromatic rings. The highest BCUT2D eigenvalue weighted by atomic mass is 19.1. The van der Waals surface area contributed by atoms with E-state index in [9.17, 15) is 24.2 Å². The Bertz CT molecular complexity index is 2520. The highest BCUT2D eigenvalue weighted by Crippen LogP contribution is 2.42. The smallest absolute Gasteiger partial charge is 0.386 e. The number of aromatic nitrogens is 3. The van der Waals surface area contributed by atoms with Gasteiger partial charge in [0.25, 0.3) is 0 Å². The second kappa shape index (κ2) is 13.6. The fourth-order valence-electron chi connectivity index (χ4n) is 9.38. The van der Waals surface area contributed by atoms with Crippen LogP contribution in [0.25, 0.3) is 38.5 Å². The first-order valence-electron chi connectivity index (χ1n) is 18.7. The molecule has 9 rings (SSSR count). The van der Waals surface area contributed by atoms with E-state index >= 15 is 4.39 Å². The van der Waals surface area contributed by atoms with Gasteiger partial charge in [-0.1, -0.05) is 29.7 Å². The van der Waals surface area contributed by atoms with Gasteiger partial charge in [-0.25, -0.2) is 13.2 Å². The average Bonchev–Trinajstić information content (AvgIpc) is 3.81. The number of pyridine rings is 1. The second-order valence-corrected chi connectivity index (χ2v) is 15.4. The predicted octanol–water partition coefficient (Wildman–Crippen LogP) is 5.97. The molecule has 1 N–H and O–H groups in total. The summed E-state index contributed by atoms with van der Waals surface area (Å²) in [6.45, 7) is 3.77. The number of alkyl halides is 1. The van der Waals surface area contributed by atoms with Gasteiger partial charge in [0.05, 0.1) is 34.1 Å². The molecule has 2 unspecified atom stereocenters. The molecule has 4 atom stereocenters. The summed E-state index contributed by atoms with van der Waals surface area (Å²) in [5.74, 6) is 0.574. The highest BCUT2D eigenvalue weighted by Gasteiger charge is 2.50. The van der Waals surface area contributed by atoms with Crippen LogP contribution in [0.2, 0.25) is 0 Å². The van der Waals surface area contributed by atoms with Crippen molar-refractivity contribution in [1.29, 1.82) is 0 Å². The van der Waals surface area contributed by atoms with E-state index in [1.54, 1.807) is 17.0 Å². The van der Waals surface area contributed by atoms with Crippen LogP contribution in [-0.4, -0.2) is 103 Å². The molecule has 0 aliphatic carbocycles. The Morgan fingerprint density at radius 1 is 1.11 bits per heavy atom. The number of ether oxygens (including phenoxy) is 1.